The summed E-state index contributed by atoms with van der Waals surface area (Å²) in [5.74, 6) is 0. The first-order chi connectivity index (χ1) is 10.3. The minimum absolute atomic E-state index is 0.225. The first kappa shape index (κ1) is 17.4. The molecule has 0 bridgehead atoms. The van der Waals surface area contributed by atoms with Gasteiger partial charge in [0, 0.05) is 21.3 Å². The van der Waals surface area contributed by atoms with Gasteiger partial charge < -0.3 is 15.4 Å². The molecular formula is C17H25IN2O2. The minimum atomic E-state index is -0.438. The fourth-order valence-electron chi connectivity index (χ4n) is 2.65. The average molecular weight is 416 g/mol. The zero-order chi connectivity index (χ0) is 16.2. The molecule has 1 amide bonds. The summed E-state index contributed by atoms with van der Waals surface area (Å²) in [5.41, 5.74) is 0.763. The summed E-state index contributed by atoms with van der Waals surface area (Å²) >= 11 is 2.35. The Morgan fingerprint density at radius 3 is 2.32 bits per heavy atom. The van der Waals surface area contributed by atoms with Crippen LogP contribution in [0.1, 0.15) is 46.5 Å². The molecule has 5 heteroatoms. The van der Waals surface area contributed by atoms with Crippen molar-refractivity contribution < 1.29 is 9.53 Å². The lowest BCUT2D eigenvalue weighted by molar-refractivity contribution is 0.0492. The Hall–Kier alpha value is -0.980. The van der Waals surface area contributed by atoms with E-state index in [-0.39, 0.29) is 12.1 Å². The van der Waals surface area contributed by atoms with Gasteiger partial charge in [-0.05, 0) is 81.2 Å². The Bertz CT molecular complexity index is 506. The van der Waals surface area contributed by atoms with Crippen molar-refractivity contribution in [3.05, 3.63) is 27.8 Å². The van der Waals surface area contributed by atoms with E-state index in [1.165, 1.54) is 9.26 Å². The van der Waals surface area contributed by atoms with Gasteiger partial charge in [0.1, 0.15) is 5.60 Å². The molecular weight excluding hydrogens is 391 g/mol. The number of rotatable bonds is 3. The number of anilines is 1. The van der Waals surface area contributed by atoms with Crippen LogP contribution in [0.3, 0.4) is 0 Å². The lowest BCUT2D eigenvalue weighted by Gasteiger charge is -2.31. The molecule has 0 aromatic heterocycles. The van der Waals surface area contributed by atoms with Gasteiger partial charge in [-0.2, -0.15) is 0 Å². The first-order valence-corrected chi connectivity index (χ1v) is 8.92. The molecule has 1 saturated carbocycles. The van der Waals surface area contributed by atoms with E-state index in [0.29, 0.717) is 6.04 Å². The summed E-state index contributed by atoms with van der Waals surface area (Å²) < 4.78 is 6.56. The molecule has 1 aliphatic rings. The number of amides is 1. The first-order valence-electron chi connectivity index (χ1n) is 7.84. The van der Waals surface area contributed by atoms with Crippen molar-refractivity contribution in [2.24, 2.45) is 0 Å². The van der Waals surface area contributed by atoms with Gasteiger partial charge >= 0.3 is 6.09 Å². The van der Waals surface area contributed by atoms with Crippen molar-refractivity contribution in [2.45, 2.75) is 64.1 Å². The largest absolute Gasteiger partial charge is 0.444 e. The SMILES string of the molecule is CC(C)(C)OC(=O)NC1CCC(Nc2ccccc2I)CC1. The van der Waals surface area contributed by atoms with Crippen LogP contribution in [0.4, 0.5) is 10.5 Å². The smallest absolute Gasteiger partial charge is 0.407 e. The number of benzene rings is 1. The van der Waals surface area contributed by atoms with Crippen LogP contribution in [-0.4, -0.2) is 23.8 Å². The molecule has 1 aromatic carbocycles. The lowest BCUT2D eigenvalue weighted by atomic mass is 9.91. The van der Waals surface area contributed by atoms with Crippen LogP contribution in [0.2, 0.25) is 0 Å². The number of para-hydroxylation sites is 1. The average Bonchev–Trinajstić information content (AvgIpc) is 2.41. The van der Waals surface area contributed by atoms with Gasteiger partial charge in [0.25, 0.3) is 0 Å². The maximum Gasteiger partial charge on any atom is 0.407 e. The topological polar surface area (TPSA) is 50.4 Å². The number of nitrogens with one attached hydrogen (secondary N) is 2. The maximum atomic E-state index is 11.8. The highest BCUT2D eigenvalue weighted by Gasteiger charge is 2.24. The van der Waals surface area contributed by atoms with Crippen LogP contribution in [0, 0.1) is 3.57 Å². The molecule has 0 heterocycles. The number of carbonyl (C=O) groups excluding carboxylic acids is 1. The minimum Gasteiger partial charge on any atom is -0.444 e. The molecule has 0 unspecified atom stereocenters. The number of hydrogen-bond acceptors (Lipinski definition) is 3. The van der Waals surface area contributed by atoms with E-state index < -0.39 is 5.60 Å². The van der Waals surface area contributed by atoms with Gasteiger partial charge in [-0.3, -0.25) is 0 Å². The molecule has 1 aliphatic carbocycles. The summed E-state index contributed by atoms with van der Waals surface area (Å²) in [5, 5.41) is 6.59. The van der Waals surface area contributed by atoms with Crippen molar-refractivity contribution in [3.63, 3.8) is 0 Å². The van der Waals surface area contributed by atoms with Crippen LogP contribution in [0.15, 0.2) is 24.3 Å². The number of ether oxygens (including phenoxy) is 1. The number of halogens is 1. The molecule has 0 atom stereocenters. The van der Waals surface area contributed by atoms with Crippen molar-refractivity contribution in [2.75, 3.05) is 5.32 Å². The van der Waals surface area contributed by atoms with E-state index in [1.807, 2.05) is 20.8 Å². The summed E-state index contributed by atoms with van der Waals surface area (Å²) in [6.07, 6.45) is 3.79. The zero-order valence-corrected chi connectivity index (χ0v) is 15.6. The third-order valence-corrected chi connectivity index (χ3v) is 4.62. The number of hydrogen-bond donors (Lipinski definition) is 2. The molecule has 122 valence electrons. The maximum absolute atomic E-state index is 11.8. The highest BCUT2D eigenvalue weighted by molar-refractivity contribution is 14.1. The Morgan fingerprint density at radius 1 is 1.14 bits per heavy atom. The summed E-state index contributed by atoms with van der Waals surface area (Å²) in [6, 6.07) is 9.04. The summed E-state index contributed by atoms with van der Waals surface area (Å²) in [4.78, 5) is 11.8. The quantitative estimate of drug-likeness (QED) is 0.712. The zero-order valence-electron chi connectivity index (χ0n) is 13.5. The Labute approximate surface area is 146 Å². The molecule has 0 saturated heterocycles. The van der Waals surface area contributed by atoms with Gasteiger partial charge in [-0.25, -0.2) is 4.79 Å². The van der Waals surface area contributed by atoms with Gasteiger partial charge in [0.2, 0.25) is 0 Å². The predicted octanol–water partition coefficient (Wildman–Crippen LogP) is 4.54. The molecule has 4 nitrogen and oxygen atoms in total. The standard InChI is InChI=1S/C17H25IN2O2/c1-17(2,3)22-16(21)20-13-10-8-12(9-11-13)19-15-7-5-4-6-14(15)18/h4-7,12-13,19H,8-11H2,1-3H3,(H,20,21). The van der Waals surface area contributed by atoms with Crippen molar-refractivity contribution in [1.29, 1.82) is 0 Å². The second kappa shape index (κ2) is 7.53. The van der Waals surface area contributed by atoms with Crippen molar-refractivity contribution in [1.82, 2.24) is 5.32 Å². The van der Waals surface area contributed by atoms with E-state index in [4.69, 9.17) is 4.74 Å². The van der Waals surface area contributed by atoms with Crippen LogP contribution in [-0.2, 0) is 4.74 Å². The Kier molecular flexibility index (Phi) is 5.94. The number of alkyl carbamates (subject to hydrolysis) is 1. The van der Waals surface area contributed by atoms with Crippen molar-refractivity contribution in [3.8, 4) is 0 Å². The van der Waals surface area contributed by atoms with Crippen LogP contribution in [0.25, 0.3) is 0 Å². The highest BCUT2D eigenvalue weighted by atomic mass is 127. The molecule has 0 aliphatic heterocycles. The third kappa shape index (κ3) is 5.66. The van der Waals surface area contributed by atoms with E-state index in [1.54, 1.807) is 0 Å². The molecule has 1 aromatic rings. The normalized spacial score (nSPS) is 22.0. The molecule has 22 heavy (non-hydrogen) atoms. The highest BCUT2D eigenvalue weighted by Crippen LogP contribution is 2.25. The number of carbonyl (C=O) groups is 1. The third-order valence-electron chi connectivity index (χ3n) is 3.68. The fraction of sp³-hybridized carbons (Fsp3) is 0.588. The van der Waals surface area contributed by atoms with Gasteiger partial charge in [-0.15, -0.1) is 0 Å². The van der Waals surface area contributed by atoms with E-state index in [9.17, 15) is 4.79 Å². The van der Waals surface area contributed by atoms with Crippen LogP contribution in [0.5, 0.6) is 0 Å². The lowest BCUT2D eigenvalue weighted by Crippen LogP contribution is -2.42. The molecule has 1 fully saturated rings. The van der Waals surface area contributed by atoms with E-state index >= 15 is 0 Å². The molecule has 2 N–H and O–H groups in total. The molecule has 2 rings (SSSR count). The van der Waals surface area contributed by atoms with E-state index in [0.717, 1.165) is 25.7 Å². The van der Waals surface area contributed by atoms with E-state index in [2.05, 4.69) is 57.5 Å². The Balaban J connectivity index is 1.76. The molecule has 0 spiro atoms. The van der Waals surface area contributed by atoms with Gasteiger partial charge in [-0.1, -0.05) is 12.1 Å². The summed E-state index contributed by atoms with van der Waals surface area (Å²) in [7, 11) is 0. The van der Waals surface area contributed by atoms with Crippen molar-refractivity contribution >= 4 is 34.4 Å². The predicted molar refractivity (Wildman–Crippen MR) is 98.2 cm³/mol. The Morgan fingerprint density at radius 2 is 1.73 bits per heavy atom. The summed E-state index contributed by atoms with van der Waals surface area (Å²) in [6.45, 7) is 5.65. The second-order valence-corrected chi connectivity index (χ2v) is 7.98. The van der Waals surface area contributed by atoms with Crippen LogP contribution < -0.4 is 10.6 Å². The molecule has 0 radical (unpaired) electrons. The van der Waals surface area contributed by atoms with Gasteiger partial charge in [0.15, 0.2) is 0 Å². The second-order valence-electron chi connectivity index (χ2n) is 6.82. The van der Waals surface area contributed by atoms with Gasteiger partial charge in [0.05, 0.1) is 0 Å². The van der Waals surface area contributed by atoms with Crippen LogP contribution >= 0.6 is 22.6 Å². The fourth-order valence-corrected chi connectivity index (χ4v) is 3.20. The monoisotopic (exact) mass is 416 g/mol.